The molecule has 0 atom stereocenters. The lowest BCUT2D eigenvalue weighted by atomic mass is 10.2. The third kappa shape index (κ3) is 2.73. The van der Waals surface area contributed by atoms with Gasteiger partial charge in [-0.3, -0.25) is 0 Å². The molecular weight excluding hydrogens is 284 g/mol. The van der Waals surface area contributed by atoms with Crippen molar-refractivity contribution in [2.45, 2.75) is 6.92 Å². The minimum atomic E-state index is 0.301. The Kier molecular flexibility index (Phi) is 3.95. The van der Waals surface area contributed by atoms with Crippen LogP contribution in [0.2, 0.25) is 0 Å². The zero-order valence-corrected chi connectivity index (χ0v) is 12.2. The summed E-state index contributed by atoms with van der Waals surface area (Å²) in [6, 6.07) is 7.14. The Morgan fingerprint density at radius 2 is 2.09 bits per heavy atom. The molecule has 0 unspecified atom stereocenters. The number of ether oxygens (including phenoxy) is 2. The van der Waals surface area contributed by atoms with E-state index in [0.717, 1.165) is 5.56 Å². The molecule has 3 aromatic rings. The van der Waals surface area contributed by atoms with Gasteiger partial charge in [-0.05, 0) is 25.1 Å². The summed E-state index contributed by atoms with van der Waals surface area (Å²) in [7, 11) is 1.56. The second kappa shape index (κ2) is 6.21. The van der Waals surface area contributed by atoms with Gasteiger partial charge in [-0.2, -0.15) is 4.98 Å². The van der Waals surface area contributed by atoms with Gasteiger partial charge >= 0.3 is 0 Å². The highest BCUT2D eigenvalue weighted by molar-refractivity contribution is 5.61. The molecule has 0 spiro atoms. The third-order valence-electron chi connectivity index (χ3n) is 2.90. The average Bonchev–Trinajstić information content (AvgIpc) is 3.05. The third-order valence-corrected chi connectivity index (χ3v) is 2.90. The molecule has 0 bridgehead atoms. The summed E-state index contributed by atoms with van der Waals surface area (Å²) >= 11 is 0. The van der Waals surface area contributed by atoms with Crippen molar-refractivity contribution in [2.24, 2.45) is 0 Å². The van der Waals surface area contributed by atoms with E-state index in [-0.39, 0.29) is 0 Å². The van der Waals surface area contributed by atoms with Crippen LogP contribution in [0.1, 0.15) is 6.92 Å². The Balaban J connectivity index is 1.93. The van der Waals surface area contributed by atoms with Crippen molar-refractivity contribution in [2.75, 3.05) is 13.7 Å². The van der Waals surface area contributed by atoms with Crippen molar-refractivity contribution in [1.82, 2.24) is 20.1 Å². The first-order valence-electron chi connectivity index (χ1n) is 6.74. The monoisotopic (exact) mass is 298 g/mol. The van der Waals surface area contributed by atoms with Crippen LogP contribution in [-0.2, 0) is 0 Å². The molecule has 3 rings (SSSR count). The van der Waals surface area contributed by atoms with Gasteiger partial charge in [0.15, 0.2) is 11.4 Å². The molecule has 0 amide bonds. The van der Waals surface area contributed by atoms with E-state index in [9.17, 15) is 0 Å². The van der Waals surface area contributed by atoms with Gasteiger partial charge in [0.25, 0.3) is 5.89 Å². The maximum atomic E-state index is 5.52. The molecule has 3 heterocycles. The first-order chi connectivity index (χ1) is 10.8. The Morgan fingerprint density at radius 1 is 1.18 bits per heavy atom. The summed E-state index contributed by atoms with van der Waals surface area (Å²) < 4.78 is 15.8. The minimum absolute atomic E-state index is 0.301. The maximum absolute atomic E-state index is 5.52. The van der Waals surface area contributed by atoms with E-state index in [2.05, 4.69) is 20.1 Å². The normalized spacial score (nSPS) is 10.5. The molecule has 112 valence electrons. The van der Waals surface area contributed by atoms with Gasteiger partial charge in [-0.15, -0.1) is 0 Å². The Bertz CT molecular complexity index is 755. The van der Waals surface area contributed by atoms with Crippen LogP contribution in [0.25, 0.3) is 23.0 Å². The van der Waals surface area contributed by atoms with Gasteiger partial charge in [0.2, 0.25) is 11.7 Å². The first-order valence-corrected chi connectivity index (χ1v) is 6.74. The smallest absolute Gasteiger partial charge is 0.280 e. The zero-order valence-electron chi connectivity index (χ0n) is 12.2. The molecule has 0 aliphatic heterocycles. The molecule has 0 saturated carbocycles. The van der Waals surface area contributed by atoms with Gasteiger partial charge in [0.1, 0.15) is 0 Å². The molecule has 0 radical (unpaired) electrons. The molecule has 0 aliphatic carbocycles. The van der Waals surface area contributed by atoms with Crippen molar-refractivity contribution < 1.29 is 14.0 Å². The fourth-order valence-corrected chi connectivity index (χ4v) is 1.89. The van der Waals surface area contributed by atoms with Gasteiger partial charge in [0.05, 0.1) is 13.7 Å². The number of methoxy groups -OCH3 is 1. The van der Waals surface area contributed by atoms with Crippen LogP contribution in [0.5, 0.6) is 11.6 Å². The van der Waals surface area contributed by atoms with Crippen LogP contribution in [-0.4, -0.2) is 33.8 Å². The highest BCUT2D eigenvalue weighted by Crippen LogP contribution is 2.28. The topological polar surface area (TPSA) is 83.2 Å². The summed E-state index contributed by atoms with van der Waals surface area (Å²) in [6.45, 7) is 2.43. The van der Waals surface area contributed by atoms with Crippen molar-refractivity contribution in [3.05, 3.63) is 36.7 Å². The van der Waals surface area contributed by atoms with E-state index in [0.29, 0.717) is 35.6 Å². The SMILES string of the molecule is CCOc1cccnc1-c1nc(-c2ccc(OC)nc2)no1. The molecule has 0 N–H and O–H groups in total. The number of hydrogen-bond donors (Lipinski definition) is 0. The summed E-state index contributed by atoms with van der Waals surface area (Å²) in [4.78, 5) is 12.7. The lowest BCUT2D eigenvalue weighted by Crippen LogP contribution is -1.95. The molecule has 7 nitrogen and oxygen atoms in total. The Hall–Kier alpha value is -2.96. The molecule has 22 heavy (non-hydrogen) atoms. The molecule has 7 heteroatoms. The van der Waals surface area contributed by atoms with Gasteiger partial charge < -0.3 is 14.0 Å². The summed E-state index contributed by atoms with van der Waals surface area (Å²) in [5, 5.41) is 3.96. The second-order valence-corrected chi connectivity index (χ2v) is 4.30. The predicted octanol–water partition coefficient (Wildman–Crippen LogP) is 2.60. The number of pyridine rings is 2. The van der Waals surface area contributed by atoms with E-state index >= 15 is 0 Å². The van der Waals surface area contributed by atoms with Crippen LogP contribution >= 0.6 is 0 Å². The number of aromatic nitrogens is 4. The largest absolute Gasteiger partial charge is 0.491 e. The van der Waals surface area contributed by atoms with Crippen molar-refractivity contribution in [3.8, 4) is 34.6 Å². The van der Waals surface area contributed by atoms with Crippen LogP contribution in [0.4, 0.5) is 0 Å². The molecule has 0 saturated heterocycles. The van der Waals surface area contributed by atoms with Crippen LogP contribution in [0.3, 0.4) is 0 Å². The first kappa shape index (κ1) is 14.0. The highest BCUT2D eigenvalue weighted by atomic mass is 16.5. The predicted molar refractivity (Wildman–Crippen MR) is 78.5 cm³/mol. The van der Waals surface area contributed by atoms with Crippen LogP contribution in [0, 0.1) is 0 Å². The molecule has 0 aromatic carbocycles. The Labute approximate surface area is 126 Å². The minimum Gasteiger partial charge on any atom is -0.491 e. The summed E-state index contributed by atoms with van der Waals surface area (Å²) in [5.41, 5.74) is 1.24. The summed E-state index contributed by atoms with van der Waals surface area (Å²) in [5.74, 6) is 1.86. The summed E-state index contributed by atoms with van der Waals surface area (Å²) in [6.07, 6.45) is 3.27. The standard InChI is InChI=1S/C15H14N4O3/c1-3-21-11-5-4-8-16-13(11)15-18-14(19-22-15)10-6-7-12(20-2)17-9-10/h4-9H,3H2,1-2H3. The zero-order chi connectivity index (χ0) is 15.4. The molecule has 3 aromatic heterocycles. The average molecular weight is 298 g/mol. The molecular formula is C15H14N4O3. The quantitative estimate of drug-likeness (QED) is 0.715. The lowest BCUT2D eigenvalue weighted by molar-refractivity contribution is 0.337. The van der Waals surface area contributed by atoms with Crippen LogP contribution in [0.15, 0.2) is 41.2 Å². The fourth-order valence-electron chi connectivity index (χ4n) is 1.89. The highest BCUT2D eigenvalue weighted by Gasteiger charge is 2.16. The molecule has 0 aliphatic rings. The van der Waals surface area contributed by atoms with E-state index < -0.39 is 0 Å². The number of rotatable bonds is 5. The van der Waals surface area contributed by atoms with Crippen LogP contribution < -0.4 is 9.47 Å². The maximum Gasteiger partial charge on any atom is 0.280 e. The van der Waals surface area contributed by atoms with Gasteiger partial charge in [0, 0.05) is 24.0 Å². The van der Waals surface area contributed by atoms with E-state index in [1.54, 1.807) is 31.6 Å². The Morgan fingerprint density at radius 3 is 2.82 bits per heavy atom. The van der Waals surface area contributed by atoms with E-state index in [1.807, 2.05) is 19.1 Å². The van der Waals surface area contributed by atoms with Gasteiger partial charge in [-0.25, -0.2) is 9.97 Å². The number of nitrogens with zero attached hydrogens (tertiary/aromatic N) is 4. The van der Waals surface area contributed by atoms with Crippen molar-refractivity contribution in [1.29, 1.82) is 0 Å². The lowest BCUT2D eigenvalue weighted by Gasteiger charge is -2.04. The number of hydrogen-bond acceptors (Lipinski definition) is 7. The van der Waals surface area contributed by atoms with Crippen molar-refractivity contribution >= 4 is 0 Å². The van der Waals surface area contributed by atoms with E-state index in [4.69, 9.17) is 14.0 Å². The van der Waals surface area contributed by atoms with Gasteiger partial charge in [-0.1, -0.05) is 5.16 Å². The van der Waals surface area contributed by atoms with E-state index in [1.165, 1.54) is 0 Å². The second-order valence-electron chi connectivity index (χ2n) is 4.30. The fraction of sp³-hybridized carbons (Fsp3) is 0.200. The molecule has 0 fully saturated rings. The van der Waals surface area contributed by atoms with Crippen molar-refractivity contribution in [3.63, 3.8) is 0 Å².